The molecule has 0 bridgehead atoms. The molecule has 0 aromatic heterocycles. The first-order valence-electron chi connectivity index (χ1n) is 6.89. The molecule has 2 aromatic rings. The highest BCUT2D eigenvalue weighted by molar-refractivity contribution is 9.10. The molecule has 0 saturated heterocycles. The zero-order valence-corrected chi connectivity index (χ0v) is 13.7. The Hall–Kier alpha value is -1.87. The monoisotopic (exact) mass is 343 g/mol. The zero-order chi connectivity index (χ0) is 15.2. The van der Waals surface area contributed by atoms with E-state index in [2.05, 4.69) is 47.2 Å². The van der Waals surface area contributed by atoms with Crippen molar-refractivity contribution in [3.8, 4) is 0 Å². The second kappa shape index (κ2) is 7.23. The maximum atomic E-state index is 11.9. The minimum absolute atomic E-state index is 0.0196. The Kier molecular flexibility index (Phi) is 5.34. The van der Waals surface area contributed by atoms with Crippen LogP contribution in [0.15, 0.2) is 65.3 Å². The highest BCUT2D eigenvalue weighted by Crippen LogP contribution is 2.17. The van der Waals surface area contributed by atoms with E-state index in [9.17, 15) is 4.79 Å². The molecule has 0 fully saturated rings. The first-order chi connectivity index (χ1) is 10.1. The Labute approximate surface area is 134 Å². The van der Waals surface area contributed by atoms with Crippen molar-refractivity contribution in [3.63, 3.8) is 0 Å². The predicted octanol–water partition coefficient (Wildman–Crippen LogP) is 5.38. The van der Waals surface area contributed by atoms with Gasteiger partial charge in [0, 0.05) is 28.0 Å². The van der Waals surface area contributed by atoms with Gasteiger partial charge in [0.2, 0.25) is 0 Å². The van der Waals surface area contributed by atoms with Gasteiger partial charge in [0.1, 0.15) is 0 Å². The fraction of sp³-hybridized carbons (Fsp3) is 0.167. The lowest BCUT2D eigenvalue weighted by Crippen LogP contribution is -1.96. The number of ketones is 1. The van der Waals surface area contributed by atoms with Crippen molar-refractivity contribution in [2.24, 2.45) is 0 Å². The van der Waals surface area contributed by atoms with Crippen molar-refractivity contribution < 1.29 is 4.79 Å². The maximum Gasteiger partial charge on any atom is 0.187 e. The van der Waals surface area contributed by atoms with Crippen LogP contribution in [0.3, 0.4) is 0 Å². The normalized spacial score (nSPS) is 11.0. The van der Waals surface area contributed by atoms with Crippen LogP contribution in [0.2, 0.25) is 0 Å². The average Bonchev–Trinajstić information content (AvgIpc) is 2.48. The third-order valence-corrected chi connectivity index (χ3v) is 3.72. The fourth-order valence-electron chi connectivity index (χ4n) is 1.89. The summed E-state index contributed by atoms with van der Waals surface area (Å²) in [5.41, 5.74) is 2.95. The van der Waals surface area contributed by atoms with Gasteiger partial charge in [-0.05, 0) is 47.9 Å². The fourth-order valence-corrected chi connectivity index (χ4v) is 2.15. The number of benzene rings is 2. The summed E-state index contributed by atoms with van der Waals surface area (Å²) >= 11 is 3.35. The second-order valence-electron chi connectivity index (χ2n) is 5.13. The van der Waals surface area contributed by atoms with E-state index in [-0.39, 0.29) is 5.78 Å². The van der Waals surface area contributed by atoms with Crippen LogP contribution in [0.1, 0.15) is 35.7 Å². The van der Waals surface area contributed by atoms with Gasteiger partial charge in [-0.1, -0.05) is 41.9 Å². The van der Waals surface area contributed by atoms with E-state index >= 15 is 0 Å². The minimum Gasteiger partial charge on any atom is -0.362 e. The summed E-state index contributed by atoms with van der Waals surface area (Å²) in [6, 6.07) is 15.5. The number of carbonyl (C=O) groups is 1. The van der Waals surface area contributed by atoms with Crippen LogP contribution in [-0.2, 0) is 0 Å². The Balaban J connectivity index is 1.95. The van der Waals surface area contributed by atoms with Crippen molar-refractivity contribution >= 4 is 27.4 Å². The first-order valence-corrected chi connectivity index (χ1v) is 7.68. The molecule has 0 aliphatic rings. The molecule has 0 heterocycles. The molecule has 0 amide bonds. The molecule has 0 saturated carbocycles. The molecule has 0 spiro atoms. The molecule has 1 N–H and O–H groups in total. The molecule has 2 rings (SSSR count). The summed E-state index contributed by atoms with van der Waals surface area (Å²) in [6.45, 7) is 4.33. The van der Waals surface area contributed by atoms with Gasteiger partial charge >= 0.3 is 0 Å². The summed E-state index contributed by atoms with van der Waals surface area (Å²) in [5, 5.41) is 3.11. The quantitative estimate of drug-likeness (QED) is 0.583. The van der Waals surface area contributed by atoms with E-state index in [1.165, 1.54) is 5.56 Å². The highest BCUT2D eigenvalue weighted by Gasteiger charge is 2.01. The second-order valence-corrected chi connectivity index (χ2v) is 6.04. The Morgan fingerprint density at radius 2 is 1.67 bits per heavy atom. The van der Waals surface area contributed by atoms with Crippen LogP contribution >= 0.6 is 15.9 Å². The molecule has 0 aliphatic heterocycles. The number of carbonyl (C=O) groups excluding carboxylic acids is 1. The smallest absolute Gasteiger partial charge is 0.187 e. The van der Waals surface area contributed by atoms with Gasteiger partial charge in [0.25, 0.3) is 0 Å². The predicted molar refractivity (Wildman–Crippen MR) is 91.8 cm³/mol. The Morgan fingerprint density at radius 1 is 1.05 bits per heavy atom. The third-order valence-electron chi connectivity index (χ3n) is 3.19. The van der Waals surface area contributed by atoms with E-state index in [0.717, 1.165) is 10.2 Å². The number of allylic oxidation sites excluding steroid dienone is 1. The molecule has 0 aliphatic carbocycles. The molecule has 2 nitrogen and oxygen atoms in total. The van der Waals surface area contributed by atoms with Crippen LogP contribution in [0, 0.1) is 0 Å². The summed E-state index contributed by atoms with van der Waals surface area (Å²) in [5.74, 6) is 0.502. The first kappa shape index (κ1) is 15.5. The van der Waals surface area contributed by atoms with Crippen LogP contribution in [-0.4, -0.2) is 5.78 Å². The zero-order valence-electron chi connectivity index (χ0n) is 12.1. The van der Waals surface area contributed by atoms with Gasteiger partial charge < -0.3 is 5.32 Å². The van der Waals surface area contributed by atoms with Crippen molar-refractivity contribution in [2.45, 2.75) is 19.8 Å². The van der Waals surface area contributed by atoms with Gasteiger partial charge in [-0.15, -0.1) is 0 Å². The number of hydrogen-bond donors (Lipinski definition) is 1. The van der Waals surface area contributed by atoms with Gasteiger partial charge in [0.05, 0.1) is 0 Å². The average molecular weight is 344 g/mol. The van der Waals surface area contributed by atoms with Crippen LogP contribution in [0.25, 0.3) is 0 Å². The SMILES string of the molecule is CC(C)c1ccc(NC=CC(=O)c2ccc(Br)cc2)cc1. The lowest BCUT2D eigenvalue weighted by molar-refractivity contribution is 0.104. The van der Waals surface area contributed by atoms with E-state index in [1.807, 2.05) is 24.3 Å². The largest absolute Gasteiger partial charge is 0.362 e. The van der Waals surface area contributed by atoms with E-state index in [1.54, 1.807) is 24.4 Å². The molecule has 0 radical (unpaired) electrons. The van der Waals surface area contributed by atoms with Gasteiger partial charge in [0.15, 0.2) is 5.78 Å². The summed E-state index contributed by atoms with van der Waals surface area (Å²) in [4.78, 5) is 11.9. The number of rotatable bonds is 5. The molecule has 21 heavy (non-hydrogen) atoms. The number of halogens is 1. The van der Waals surface area contributed by atoms with Gasteiger partial charge in [-0.2, -0.15) is 0 Å². The summed E-state index contributed by atoms with van der Waals surface area (Å²) < 4.78 is 0.964. The van der Waals surface area contributed by atoms with E-state index in [4.69, 9.17) is 0 Å². The maximum absolute atomic E-state index is 11.9. The van der Waals surface area contributed by atoms with E-state index in [0.29, 0.717) is 11.5 Å². The van der Waals surface area contributed by atoms with Crippen LogP contribution < -0.4 is 5.32 Å². The molecule has 0 unspecified atom stereocenters. The van der Waals surface area contributed by atoms with Gasteiger partial charge in [-0.3, -0.25) is 4.79 Å². The van der Waals surface area contributed by atoms with Gasteiger partial charge in [-0.25, -0.2) is 0 Å². The Bertz CT molecular complexity index is 627. The topological polar surface area (TPSA) is 29.1 Å². The Morgan fingerprint density at radius 3 is 2.24 bits per heavy atom. The lowest BCUT2D eigenvalue weighted by atomic mass is 10.0. The molecule has 0 atom stereocenters. The molecule has 2 aromatic carbocycles. The van der Waals surface area contributed by atoms with Crippen molar-refractivity contribution in [3.05, 3.63) is 76.4 Å². The molecular weight excluding hydrogens is 326 g/mol. The minimum atomic E-state index is -0.0196. The lowest BCUT2D eigenvalue weighted by Gasteiger charge is -2.06. The standard InChI is InChI=1S/C18H18BrNO/c1-13(2)14-5-9-17(10-6-14)20-12-11-18(21)15-3-7-16(19)8-4-15/h3-13,20H,1-2H3. The summed E-state index contributed by atoms with van der Waals surface area (Å²) in [7, 11) is 0. The molecular formula is C18H18BrNO. The number of nitrogens with one attached hydrogen (secondary N) is 1. The molecule has 108 valence electrons. The van der Waals surface area contributed by atoms with Crippen molar-refractivity contribution in [1.82, 2.24) is 0 Å². The van der Waals surface area contributed by atoms with Crippen LogP contribution in [0.4, 0.5) is 5.69 Å². The highest BCUT2D eigenvalue weighted by atomic mass is 79.9. The summed E-state index contributed by atoms with van der Waals surface area (Å²) in [6.07, 6.45) is 3.22. The van der Waals surface area contributed by atoms with Crippen molar-refractivity contribution in [2.75, 3.05) is 5.32 Å². The van der Waals surface area contributed by atoms with Crippen LogP contribution in [0.5, 0.6) is 0 Å². The van der Waals surface area contributed by atoms with Crippen molar-refractivity contribution in [1.29, 1.82) is 0 Å². The number of anilines is 1. The third kappa shape index (κ3) is 4.57. The van der Waals surface area contributed by atoms with E-state index < -0.39 is 0 Å². The molecule has 3 heteroatoms. The number of hydrogen-bond acceptors (Lipinski definition) is 2.